The lowest BCUT2D eigenvalue weighted by atomic mass is 9.96. The molecule has 0 spiro atoms. The van der Waals surface area contributed by atoms with Crippen LogP contribution < -0.4 is 20.3 Å². The number of aromatic nitrogens is 1. The number of fused-ring (bicyclic) bond motifs is 2. The number of methoxy groups -OCH3 is 1. The van der Waals surface area contributed by atoms with E-state index in [1.165, 1.54) is 0 Å². The molecule has 2 aliphatic heterocycles. The molecule has 2 aromatic rings. The number of rotatable bonds is 7. The van der Waals surface area contributed by atoms with Gasteiger partial charge in [0.1, 0.15) is 11.6 Å². The average Bonchev–Trinajstić information content (AvgIpc) is 3.09. The summed E-state index contributed by atoms with van der Waals surface area (Å²) in [5.74, 6) is 1.51. The van der Waals surface area contributed by atoms with Crippen molar-refractivity contribution < 1.29 is 14.3 Å². The van der Waals surface area contributed by atoms with E-state index < -0.39 is 0 Å². The van der Waals surface area contributed by atoms with Crippen LogP contribution in [0.2, 0.25) is 0 Å². The fourth-order valence-electron chi connectivity index (χ4n) is 5.10. The molecule has 7 nitrogen and oxygen atoms in total. The van der Waals surface area contributed by atoms with E-state index in [0.717, 1.165) is 49.2 Å². The molecular formula is C26H34N4O3. The monoisotopic (exact) mass is 450 g/mol. The third-order valence-electron chi connectivity index (χ3n) is 7.08. The van der Waals surface area contributed by atoms with Crippen LogP contribution in [0.3, 0.4) is 0 Å². The number of nitrogens with one attached hydrogen (secondary N) is 2. The van der Waals surface area contributed by atoms with Gasteiger partial charge in [-0.2, -0.15) is 0 Å². The van der Waals surface area contributed by atoms with E-state index in [9.17, 15) is 9.59 Å². The largest absolute Gasteiger partial charge is 0.496 e. The van der Waals surface area contributed by atoms with Crippen molar-refractivity contribution >= 4 is 17.6 Å². The number of pyridine rings is 1. The van der Waals surface area contributed by atoms with Crippen LogP contribution in [-0.4, -0.2) is 48.1 Å². The van der Waals surface area contributed by atoms with Gasteiger partial charge in [-0.15, -0.1) is 0 Å². The van der Waals surface area contributed by atoms with E-state index in [-0.39, 0.29) is 23.9 Å². The second-order valence-electron chi connectivity index (χ2n) is 9.25. The average molecular weight is 451 g/mol. The standard InChI is InChI=1S/C26H34N4O3/c1-5-16(2)28-25(31)18-9-12-24(27-15-18)30-20-10-11-21(30)14-19(13-20)29-26(32)22-7-6-8-23(33-4)17(22)3/h6-9,12,15-16,19-21H,5,10-11,13-14H2,1-4H3,(H,28,31)(H,29,32)/t16-,19-,20+,21-/m0/s1. The van der Waals surface area contributed by atoms with E-state index in [4.69, 9.17) is 4.74 Å². The van der Waals surface area contributed by atoms with Gasteiger partial charge in [-0.1, -0.05) is 13.0 Å². The molecule has 0 saturated carbocycles. The highest BCUT2D eigenvalue weighted by atomic mass is 16.5. The molecule has 4 atom stereocenters. The van der Waals surface area contributed by atoms with Crippen molar-refractivity contribution in [3.63, 3.8) is 0 Å². The molecule has 176 valence electrons. The van der Waals surface area contributed by atoms with Crippen LogP contribution in [0.4, 0.5) is 5.82 Å². The van der Waals surface area contributed by atoms with Gasteiger partial charge in [0.15, 0.2) is 0 Å². The molecule has 1 aromatic carbocycles. The molecule has 0 aliphatic carbocycles. The van der Waals surface area contributed by atoms with Crippen molar-refractivity contribution in [3.8, 4) is 5.75 Å². The second kappa shape index (κ2) is 9.81. The number of benzene rings is 1. The molecule has 2 N–H and O–H groups in total. The summed E-state index contributed by atoms with van der Waals surface area (Å²) in [5.41, 5.74) is 2.11. The maximum absolute atomic E-state index is 13.0. The zero-order chi connectivity index (χ0) is 23.5. The van der Waals surface area contributed by atoms with Crippen LogP contribution >= 0.6 is 0 Å². The molecule has 7 heteroatoms. The zero-order valence-corrected chi connectivity index (χ0v) is 19.9. The molecule has 1 aromatic heterocycles. The van der Waals surface area contributed by atoms with Crippen molar-refractivity contribution in [3.05, 3.63) is 53.2 Å². The predicted molar refractivity (Wildman–Crippen MR) is 129 cm³/mol. The van der Waals surface area contributed by atoms with E-state index >= 15 is 0 Å². The fraction of sp³-hybridized carbons (Fsp3) is 0.500. The first-order chi connectivity index (χ1) is 15.9. The summed E-state index contributed by atoms with van der Waals surface area (Å²) in [4.78, 5) is 32.3. The summed E-state index contributed by atoms with van der Waals surface area (Å²) in [7, 11) is 1.62. The summed E-state index contributed by atoms with van der Waals surface area (Å²) in [5, 5.41) is 6.24. The number of amides is 2. The van der Waals surface area contributed by atoms with E-state index in [0.29, 0.717) is 23.2 Å². The van der Waals surface area contributed by atoms with Crippen LogP contribution in [-0.2, 0) is 0 Å². The van der Waals surface area contributed by atoms with Gasteiger partial charge in [0.25, 0.3) is 11.8 Å². The van der Waals surface area contributed by atoms with Crippen LogP contribution in [0.5, 0.6) is 5.75 Å². The van der Waals surface area contributed by atoms with Crippen molar-refractivity contribution in [2.75, 3.05) is 12.0 Å². The van der Waals surface area contributed by atoms with Crippen LogP contribution in [0.1, 0.15) is 72.2 Å². The van der Waals surface area contributed by atoms with Gasteiger partial charge in [0.2, 0.25) is 0 Å². The van der Waals surface area contributed by atoms with Gasteiger partial charge in [0, 0.05) is 41.5 Å². The Morgan fingerprint density at radius 3 is 2.48 bits per heavy atom. The van der Waals surface area contributed by atoms with Crippen molar-refractivity contribution in [2.24, 2.45) is 0 Å². The summed E-state index contributed by atoms with van der Waals surface area (Å²) in [6, 6.07) is 10.3. The van der Waals surface area contributed by atoms with E-state index in [1.54, 1.807) is 13.3 Å². The van der Waals surface area contributed by atoms with Crippen molar-refractivity contribution in [1.82, 2.24) is 15.6 Å². The van der Waals surface area contributed by atoms with E-state index in [2.05, 4.69) is 20.5 Å². The Bertz CT molecular complexity index is 993. The lowest BCUT2D eigenvalue weighted by Gasteiger charge is -2.40. The molecular weight excluding hydrogens is 416 g/mol. The third-order valence-corrected chi connectivity index (χ3v) is 7.08. The lowest BCUT2D eigenvalue weighted by molar-refractivity contribution is 0.0922. The molecule has 0 unspecified atom stereocenters. The number of carbonyl (C=O) groups excluding carboxylic acids is 2. The topological polar surface area (TPSA) is 83.6 Å². The van der Waals surface area contributed by atoms with Crippen molar-refractivity contribution in [1.29, 1.82) is 0 Å². The Morgan fingerprint density at radius 1 is 1.15 bits per heavy atom. The zero-order valence-electron chi connectivity index (χ0n) is 19.9. The number of anilines is 1. The molecule has 2 amide bonds. The van der Waals surface area contributed by atoms with Gasteiger partial charge in [0.05, 0.1) is 12.7 Å². The minimum Gasteiger partial charge on any atom is -0.496 e. The van der Waals surface area contributed by atoms with Gasteiger partial charge in [-0.3, -0.25) is 9.59 Å². The SMILES string of the molecule is CC[C@H](C)NC(=O)c1ccc(N2[C@@H]3CC[C@H]2C[C@@H](NC(=O)c2cccc(OC)c2C)C3)nc1. The highest BCUT2D eigenvalue weighted by Gasteiger charge is 2.42. The first-order valence-electron chi connectivity index (χ1n) is 11.9. The molecule has 3 heterocycles. The maximum Gasteiger partial charge on any atom is 0.253 e. The number of ether oxygens (including phenoxy) is 1. The Balaban J connectivity index is 1.40. The van der Waals surface area contributed by atoms with Gasteiger partial charge < -0.3 is 20.3 Å². The third kappa shape index (κ3) is 4.82. The molecule has 4 rings (SSSR count). The van der Waals surface area contributed by atoms with Crippen LogP contribution in [0.15, 0.2) is 36.5 Å². The smallest absolute Gasteiger partial charge is 0.253 e. The molecule has 2 aliphatic rings. The number of hydrogen-bond acceptors (Lipinski definition) is 5. The first-order valence-corrected chi connectivity index (χ1v) is 11.9. The van der Waals surface area contributed by atoms with Crippen LogP contribution in [0.25, 0.3) is 0 Å². The normalized spacial score (nSPS) is 22.5. The summed E-state index contributed by atoms with van der Waals surface area (Å²) in [6.07, 6.45) is 6.53. The number of nitrogens with zero attached hydrogens (tertiary/aromatic N) is 2. The molecule has 33 heavy (non-hydrogen) atoms. The number of hydrogen-bond donors (Lipinski definition) is 2. The molecule has 2 saturated heterocycles. The summed E-state index contributed by atoms with van der Waals surface area (Å²) < 4.78 is 5.36. The summed E-state index contributed by atoms with van der Waals surface area (Å²) in [6.45, 7) is 5.96. The maximum atomic E-state index is 13.0. The lowest BCUT2D eigenvalue weighted by Crippen LogP contribution is -2.50. The first kappa shape index (κ1) is 23.1. The fourth-order valence-corrected chi connectivity index (χ4v) is 5.10. The Labute approximate surface area is 195 Å². The second-order valence-corrected chi connectivity index (χ2v) is 9.25. The number of piperidine rings is 1. The predicted octanol–water partition coefficient (Wildman–Crippen LogP) is 3.86. The van der Waals surface area contributed by atoms with E-state index in [1.807, 2.05) is 51.1 Å². The Kier molecular flexibility index (Phi) is 6.86. The molecule has 2 bridgehead atoms. The highest BCUT2D eigenvalue weighted by molar-refractivity contribution is 5.96. The molecule has 0 radical (unpaired) electrons. The Hall–Kier alpha value is -3.09. The minimum atomic E-state index is -0.0828. The van der Waals surface area contributed by atoms with Gasteiger partial charge in [-0.25, -0.2) is 4.98 Å². The number of carbonyl (C=O) groups is 2. The minimum absolute atomic E-state index is 0.0425. The molecule has 2 fully saturated rings. The quantitative estimate of drug-likeness (QED) is 0.669. The van der Waals surface area contributed by atoms with Crippen molar-refractivity contribution in [2.45, 2.75) is 77.0 Å². The van der Waals surface area contributed by atoms with Gasteiger partial charge >= 0.3 is 0 Å². The Morgan fingerprint density at radius 2 is 1.88 bits per heavy atom. The highest BCUT2D eigenvalue weighted by Crippen LogP contribution is 2.38. The van der Waals surface area contributed by atoms with Crippen LogP contribution in [0, 0.1) is 6.92 Å². The summed E-state index contributed by atoms with van der Waals surface area (Å²) >= 11 is 0. The van der Waals surface area contributed by atoms with Gasteiger partial charge in [-0.05, 0) is 70.2 Å².